The molecule has 0 heterocycles. The minimum absolute atomic E-state index is 0. The van der Waals surface area contributed by atoms with Crippen molar-refractivity contribution in [1.82, 2.24) is 0 Å². The number of hydrogen-bond acceptors (Lipinski definition) is 0. The van der Waals surface area contributed by atoms with Gasteiger partial charge in [-0.2, -0.15) is 0 Å². The molecule has 8 heavy (non-hydrogen) atoms. The molecule has 0 aliphatic carbocycles. The van der Waals surface area contributed by atoms with Crippen molar-refractivity contribution in [2.75, 3.05) is 0 Å². The maximum atomic E-state index is 0. The van der Waals surface area contributed by atoms with Crippen molar-refractivity contribution in [3.8, 4) is 0 Å². The molecule has 0 atom stereocenters. The second-order valence-corrected chi connectivity index (χ2v) is 0. The van der Waals surface area contributed by atoms with Crippen LogP contribution >= 0.6 is 0 Å². The Morgan fingerprint density at radius 2 is 0.625 bits per heavy atom. The molecule has 0 unspecified atom stereocenters. The predicted molar refractivity (Wildman–Crippen MR) is 29.5 cm³/mol. The normalized spacial score (nSPS) is 0. The average molecular weight is 526 g/mol. The number of hydrogen-bond donors (Lipinski definition) is 0. The van der Waals surface area contributed by atoms with Gasteiger partial charge in [-0.3, -0.25) is 0 Å². The minimum atomic E-state index is 0. The van der Waals surface area contributed by atoms with Crippen LogP contribution in [-0.2, 0) is 129 Å². The van der Waals surface area contributed by atoms with Crippen LogP contribution in [0.15, 0.2) is 0 Å². The van der Waals surface area contributed by atoms with E-state index in [1.165, 1.54) is 0 Å². The summed E-state index contributed by atoms with van der Waals surface area (Å²) >= 11 is 0. The maximum Gasteiger partial charge on any atom is 6.00 e. The van der Waals surface area contributed by atoms with E-state index in [0.29, 0.717) is 0 Å². The molecular weight excluding hydrogens is 526 g/mol. The van der Waals surface area contributed by atoms with E-state index >= 15 is 0 Å². The molecule has 8 heteroatoms. The smallest absolute Gasteiger partial charge is 2.00 e. The Hall–Kier alpha value is 3.78. The molecule has 0 aliphatic heterocycles. The molecule has 0 N–H and O–H groups in total. The van der Waals surface area contributed by atoms with Gasteiger partial charge in [0.05, 0.1) is 0 Å². The van der Waals surface area contributed by atoms with Gasteiger partial charge in [-0.05, 0) is 0 Å². The molecule has 0 bridgehead atoms. The van der Waals surface area contributed by atoms with Crippen molar-refractivity contribution >= 4 is 54.0 Å². The Morgan fingerprint density at radius 1 is 0.625 bits per heavy atom. The quantitative estimate of drug-likeness (QED) is 0.390. The zero-order valence-corrected chi connectivity index (χ0v) is 13.3. The summed E-state index contributed by atoms with van der Waals surface area (Å²) in [7, 11) is 0. The molecule has 0 rings (SSSR count). The van der Waals surface area contributed by atoms with Crippen LogP contribution in [0.4, 0.5) is 0 Å². The molecule has 0 spiro atoms. The van der Waals surface area contributed by atoms with Gasteiger partial charge in [-0.15, -0.1) is 0 Å². The second-order valence-electron chi connectivity index (χ2n) is 0. The summed E-state index contributed by atoms with van der Waals surface area (Å²) in [5.41, 5.74) is 0. The van der Waals surface area contributed by atoms with Crippen molar-refractivity contribution in [2.45, 2.75) is 0 Å². The van der Waals surface area contributed by atoms with Crippen molar-refractivity contribution < 1.29 is 75.4 Å². The van der Waals surface area contributed by atoms with Crippen molar-refractivity contribution in [2.24, 2.45) is 0 Å². The fourth-order valence-electron chi connectivity index (χ4n) is 0. The van der Waals surface area contributed by atoms with Crippen LogP contribution < -0.4 is 0 Å². The standard InChI is InChI=1S/Co.Mo.Ni.4S.W/q+2;;;4*-2;+6. The second kappa shape index (κ2) is 72.2. The minimum Gasteiger partial charge on any atom is -2.00 e. The van der Waals surface area contributed by atoms with Gasteiger partial charge >= 0.3 is 37.8 Å². The Kier molecular flexibility index (Phi) is 866. The Morgan fingerprint density at radius 3 is 0.625 bits per heavy atom. The summed E-state index contributed by atoms with van der Waals surface area (Å²) in [4.78, 5) is 0. The van der Waals surface area contributed by atoms with E-state index in [-0.39, 0.29) is 129 Å². The van der Waals surface area contributed by atoms with Gasteiger partial charge < -0.3 is 54.0 Å². The van der Waals surface area contributed by atoms with Gasteiger partial charge in [0.1, 0.15) is 0 Å². The first-order valence-electron chi connectivity index (χ1n) is 0. The fraction of sp³-hybridized carbons (Fsp3) is 0. The van der Waals surface area contributed by atoms with Gasteiger partial charge in [0.2, 0.25) is 0 Å². The molecule has 0 amide bonds. The van der Waals surface area contributed by atoms with Crippen LogP contribution in [0.2, 0.25) is 0 Å². The third-order valence-corrected chi connectivity index (χ3v) is 0. The Balaban J connectivity index is 0. The van der Waals surface area contributed by atoms with E-state index in [2.05, 4.69) is 0 Å². The van der Waals surface area contributed by atoms with Gasteiger partial charge in [0, 0.05) is 37.6 Å². The van der Waals surface area contributed by atoms with Crippen molar-refractivity contribution in [3.63, 3.8) is 0 Å². The van der Waals surface area contributed by atoms with E-state index in [9.17, 15) is 0 Å². The zero-order valence-electron chi connectivity index (χ0n) is 3.10. The van der Waals surface area contributed by atoms with Crippen LogP contribution in [0.25, 0.3) is 0 Å². The molecule has 0 saturated carbocycles. The van der Waals surface area contributed by atoms with Crippen LogP contribution in [0, 0.1) is 0 Å². The first-order valence-corrected chi connectivity index (χ1v) is 0. The van der Waals surface area contributed by atoms with E-state index in [1.54, 1.807) is 0 Å². The molecule has 55 valence electrons. The first-order chi connectivity index (χ1) is 0. The van der Waals surface area contributed by atoms with Gasteiger partial charge in [0.25, 0.3) is 0 Å². The van der Waals surface area contributed by atoms with Crippen LogP contribution in [0.1, 0.15) is 0 Å². The Bertz CT molecular complexity index is 16.0. The largest absolute Gasteiger partial charge is 6.00 e. The van der Waals surface area contributed by atoms with Crippen LogP contribution in [0.3, 0.4) is 0 Å². The van der Waals surface area contributed by atoms with E-state index in [4.69, 9.17) is 0 Å². The third kappa shape index (κ3) is 52.8. The molecule has 0 saturated heterocycles. The molecule has 0 aromatic heterocycles. The van der Waals surface area contributed by atoms with Gasteiger partial charge in [0.15, 0.2) is 0 Å². The zero-order chi connectivity index (χ0) is 0. The molecule has 0 aromatic rings. The molecule has 0 fully saturated rings. The predicted octanol–water partition coefficient (Wildman–Crippen LogP) is -0.0196. The van der Waals surface area contributed by atoms with Gasteiger partial charge in [-0.25, -0.2) is 0 Å². The molecule has 0 aliphatic rings. The summed E-state index contributed by atoms with van der Waals surface area (Å²) in [6, 6.07) is 0. The fourth-order valence-corrected chi connectivity index (χ4v) is 0. The third-order valence-electron chi connectivity index (χ3n) is 0. The van der Waals surface area contributed by atoms with Crippen LogP contribution in [-0.4, -0.2) is 0 Å². The SMILES string of the molecule is [Co+2].[Mo].[Ni].[S-2].[S-2].[S-2].[S-2].[W+6]. The molecule has 1 radical (unpaired) electrons. The molecule has 0 nitrogen and oxygen atoms in total. The van der Waals surface area contributed by atoms with Crippen LogP contribution in [0.5, 0.6) is 0 Å². The molecular formula is CoMoNiS4W. The summed E-state index contributed by atoms with van der Waals surface area (Å²) in [5, 5.41) is 0. The Labute approximate surface area is 127 Å². The summed E-state index contributed by atoms with van der Waals surface area (Å²) in [6.07, 6.45) is 0. The van der Waals surface area contributed by atoms with Gasteiger partial charge in [-0.1, -0.05) is 0 Å². The van der Waals surface area contributed by atoms with Crippen molar-refractivity contribution in [3.05, 3.63) is 0 Å². The van der Waals surface area contributed by atoms with E-state index in [0.717, 1.165) is 0 Å². The van der Waals surface area contributed by atoms with E-state index < -0.39 is 0 Å². The summed E-state index contributed by atoms with van der Waals surface area (Å²) in [6.45, 7) is 0. The summed E-state index contributed by atoms with van der Waals surface area (Å²) < 4.78 is 0. The topological polar surface area (TPSA) is 0 Å². The monoisotopic (exact) mass is 527 g/mol. The average Bonchev–Trinajstić information content (AvgIpc) is 0. The van der Waals surface area contributed by atoms with Crippen molar-refractivity contribution in [1.29, 1.82) is 0 Å². The molecule has 0 aromatic carbocycles. The van der Waals surface area contributed by atoms with E-state index in [1.807, 2.05) is 0 Å². The first kappa shape index (κ1) is 95.9. The number of rotatable bonds is 0. The summed E-state index contributed by atoms with van der Waals surface area (Å²) in [5.74, 6) is 0. The maximum absolute atomic E-state index is 0.